The van der Waals surface area contributed by atoms with Crippen LogP contribution < -0.4 is 0 Å². The molecular weight excluding hydrogens is 318 g/mol. The maximum Gasteiger partial charge on any atom is 0.181 e. The van der Waals surface area contributed by atoms with Crippen molar-refractivity contribution in [3.05, 3.63) is 60.1 Å². The van der Waals surface area contributed by atoms with Crippen LogP contribution >= 0.6 is 0 Å². The van der Waals surface area contributed by atoms with Crippen molar-refractivity contribution in [3.8, 4) is 0 Å². The first-order valence-corrected chi connectivity index (χ1v) is 8.81. The Morgan fingerprint density at radius 1 is 1.08 bits per heavy atom. The Morgan fingerprint density at radius 2 is 1.92 bits per heavy atom. The third-order valence-electron chi connectivity index (χ3n) is 4.26. The van der Waals surface area contributed by atoms with Crippen LogP contribution in [-0.4, -0.2) is 51.1 Å². The lowest BCUT2D eigenvalue weighted by atomic mass is 10.1. The van der Waals surface area contributed by atoms with Crippen molar-refractivity contribution in [1.29, 1.82) is 0 Å². The first kappa shape index (κ1) is 18.1. The minimum absolute atomic E-state index is 0.0751. The normalized spacial score (nSPS) is 22.2. The van der Waals surface area contributed by atoms with Crippen molar-refractivity contribution in [1.82, 2.24) is 4.90 Å². The van der Waals surface area contributed by atoms with Gasteiger partial charge in [0.05, 0.1) is 25.6 Å². The zero-order valence-electron chi connectivity index (χ0n) is 15.0. The monoisotopic (exact) mass is 345 g/mol. The topological polar surface area (TPSA) is 44.1 Å². The Hall–Kier alpha value is -1.66. The zero-order valence-corrected chi connectivity index (χ0v) is 15.0. The smallest absolute Gasteiger partial charge is 0.181 e. The Labute approximate surface area is 149 Å². The molecule has 0 saturated carbocycles. The van der Waals surface area contributed by atoms with Crippen molar-refractivity contribution in [2.45, 2.75) is 31.3 Å². The van der Waals surface area contributed by atoms with Crippen molar-refractivity contribution >= 4 is 0 Å². The number of nitrogens with zero attached hydrogens (tertiary/aromatic N) is 1. The summed E-state index contributed by atoms with van der Waals surface area (Å²) in [7, 11) is 4.10. The molecule has 3 atom stereocenters. The Kier molecular flexibility index (Phi) is 6.64. The molecule has 0 amide bonds. The van der Waals surface area contributed by atoms with E-state index in [-0.39, 0.29) is 18.5 Å². The average Bonchev–Trinajstić information content (AvgIpc) is 3.15. The maximum absolute atomic E-state index is 6.12. The molecule has 5 nitrogen and oxygen atoms in total. The van der Waals surface area contributed by atoms with E-state index in [9.17, 15) is 0 Å². The summed E-state index contributed by atoms with van der Waals surface area (Å²) in [5, 5.41) is 0. The molecule has 2 heterocycles. The number of ether oxygens (including phenoxy) is 3. The zero-order chi connectivity index (χ0) is 17.5. The summed E-state index contributed by atoms with van der Waals surface area (Å²) in [5.41, 5.74) is 1.26. The quantitative estimate of drug-likeness (QED) is 0.735. The van der Waals surface area contributed by atoms with Gasteiger partial charge in [0.15, 0.2) is 6.29 Å². The highest BCUT2D eigenvalue weighted by Gasteiger charge is 2.27. The van der Waals surface area contributed by atoms with E-state index in [2.05, 4.69) is 17.0 Å². The lowest BCUT2D eigenvalue weighted by Crippen LogP contribution is -2.39. The molecule has 1 aliphatic rings. The van der Waals surface area contributed by atoms with Crippen molar-refractivity contribution in [2.75, 3.05) is 33.9 Å². The molecule has 1 aromatic carbocycles. The van der Waals surface area contributed by atoms with E-state index in [0.717, 1.165) is 25.1 Å². The summed E-state index contributed by atoms with van der Waals surface area (Å²) in [6.07, 6.45) is 2.96. The molecule has 0 aliphatic carbocycles. The third kappa shape index (κ3) is 5.68. The van der Waals surface area contributed by atoms with E-state index in [1.54, 1.807) is 6.26 Å². The average molecular weight is 345 g/mol. The molecule has 1 saturated heterocycles. The molecule has 3 unspecified atom stereocenters. The number of furan rings is 1. The van der Waals surface area contributed by atoms with Crippen LogP contribution in [0.15, 0.2) is 53.1 Å². The van der Waals surface area contributed by atoms with Crippen LogP contribution in [0.25, 0.3) is 0 Å². The van der Waals surface area contributed by atoms with Gasteiger partial charge >= 0.3 is 0 Å². The predicted octanol–water partition coefficient (Wildman–Crippen LogP) is 3.27. The lowest BCUT2D eigenvalue weighted by molar-refractivity contribution is -0.253. The molecule has 1 aliphatic heterocycles. The van der Waals surface area contributed by atoms with E-state index in [0.29, 0.717) is 13.2 Å². The highest BCUT2D eigenvalue weighted by atomic mass is 16.7. The molecular formula is C20H27NO4. The summed E-state index contributed by atoms with van der Waals surface area (Å²) in [6, 6.07) is 14.2. The van der Waals surface area contributed by atoms with Gasteiger partial charge in [-0.15, -0.1) is 0 Å². The van der Waals surface area contributed by atoms with Gasteiger partial charge in [0.2, 0.25) is 0 Å². The fourth-order valence-electron chi connectivity index (χ4n) is 2.91. The van der Waals surface area contributed by atoms with Crippen molar-refractivity contribution in [2.24, 2.45) is 0 Å². The molecule has 2 aromatic rings. The second kappa shape index (κ2) is 9.15. The minimum Gasteiger partial charge on any atom is -0.467 e. The number of hydrogen-bond donors (Lipinski definition) is 0. The Bertz CT molecular complexity index is 591. The summed E-state index contributed by atoms with van der Waals surface area (Å²) in [6.45, 7) is 1.89. The Morgan fingerprint density at radius 3 is 2.56 bits per heavy atom. The SMILES string of the molecule is CN(C)CCC(OC1COC(Cc2ccccc2)CO1)c1ccco1. The highest BCUT2D eigenvalue weighted by molar-refractivity contribution is 5.15. The molecule has 0 bridgehead atoms. The lowest BCUT2D eigenvalue weighted by Gasteiger charge is -2.31. The van der Waals surface area contributed by atoms with Crippen LogP contribution in [0.1, 0.15) is 23.8 Å². The van der Waals surface area contributed by atoms with E-state index < -0.39 is 0 Å². The van der Waals surface area contributed by atoms with Crippen LogP contribution in [-0.2, 0) is 20.6 Å². The summed E-state index contributed by atoms with van der Waals surface area (Å²) in [4.78, 5) is 2.13. The fourth-order valence-corrected chi connectivity index (χ4v) is 2.91. The molecule has 0 radical (unpaired) electrons. The largest absolute Gasteiger partial charge is 0.467 e. The van der Waals surface area contributed by atoms with E-state index >= 15 is 0 Å². The van der Waals surface area contributed by atoms with E-state index in [1.165, 1.54) is 5.56 Å². The van der Waals surface area contributed by atoms with Gasteiger partial charge in [-0.25, -0.2) is 0 Å². The Balaban J connectivity index is 1.49. The molecule has 136 valence electrons. The van der Waals surface area contributed by atoms with Crippen molar-refractivity contribution < 1.29 is 18.6 Å². The molecule has 1 aromatic heterocycles. The van der Waals surface area contributed by atoms with Crippen LogP contribution in [0.2, 0.25) is 0 Å². The second-order valence-electron chi connectivity index (χ2n) is 6.64. The summed E-state index contributed by atoms with van der Waals surface area (Å²) >= 11 is 0. The molecule has 0 N–H and O–H groups in total. The number of benzene rings is 1. The van der Waals surface area contributed by atoms with Crippen molar-refractivity contribution in [3.63, 3.8) is 0 Å². The van der Waals surface area contributed by atoms with Gasteiger partial charge in [-0.3, -0.25) is 0 Å². The first-order chi connectivity index (χ1) is 12.2. The highest BCUT2D eigenvalue weighted by Crippen LogP contribution is 2.25. The molecule has 5 heteroatoms. The van der Waals surface area contributed by atoms with Gasteiger partial charge in [0.25, 0.3) is 0 Å². The van der Waals surface area contributed by atoms with Gasteiger partial charge in [0.1, 0.15) is 11.9 Å². The molecule has 1 fully saturated rings. The summed E-state index contributed by atoms with van der Waals surface area (Å²) < 4.78 is 23.5. The molecule has 3 rings (SSSR count). The van der Waals surface area contributed by atoms with E-state index in [1.807, 2.05) is 44.4 Å². The van der Waals surface area contributed by atoms with Crippen LogP contribution in [0.4, 0.5) is 0 Å². The van der Waals surface area contributed by atoms with Gasteiger partial charge in [-0.1, -0.05) is 30.3 Å². The third-order valence-corrected chi connectivity index (χ3v) is 4.26. The predicted molar refractivity (Wildman–Crippen MR) is 95.3 cm³/mol. The molecule has 0 spiro atoms. The second-order valence-corrected chi connectivity index (χ2v) is 6.64. The maximum atomic E-state index is 6.12. The van der Waals surface area contributed by atoms with Crippen LogP contribution in [0.3, 0.4) is 0 Å². The fraction of sp³-hybridized carbons (Fsp3) is 0.500. The van der Waals surface area contributed by atoms with Gasteiger partial charge in [-0.05, 0) is 38.2 Å². The number of rotatable bonds is 8. The minimum atomic E-state index is -0.357. The van der Waals surface area contributed by atoms with Crippen LogP contribution in [0.5, 0.6) is 0 Å². The number of hydrogen-bond acceptors (Lipinski definition) is 5. The first-order valence-electron chi connectivity index (χ1n) is 8.81. The van der Waals surface area contributed by atoms with Crippen LogP contribution in [0, 0.1) is 0 Å². The van der Waals surface area contributed by atoms with Gasteiger partial charge in [-0.2, -0.15) is 0 Å². The van der Waals surface area contributed by atoms with Gasteiger partial charge in [0, 0.05) is 13.0 Å². The standard InChI is InChI=1S/C20H27NO4/c1-21(2)11-10-19(18-9-6-12-22-18)25-20-15-23-17(14-24-20)13-16-7-4-3-5-8-16/h3-9,12,17,19-20H,10-11,13-15H2,1-2H3. The molecule has 25 heavy (non-hydrogen) atoms. The van der Waals surface area contributed by atoms with E-state index in [4.69, 9.17) is 18.6 Å². The van der Waals surface area contributed by atoms with Gasteiger partial charge < -0.3 is 23.5 Å². The summed E-state index contributed by atoms with van der Waals surface area (Å²) in [5.74, 6) is 0.830.